The molecule has 5 heteroatoms. The molecule has 0 aromatic carbocycles. The van der Waals surface area contributed by atoms with E-state index in [1.165, 1.54) is 5.56 Å². The highest BCUT2D eigenvalue weighted by molar-refractivity contribution is 7.11. The first-order valence-corrected chi connectivity index (χ1v) is 7.16. The van der Waals surface area contributed by atoms with Crippen LogP contribution in [0.5, 0.6) is 0 Å². The minimum absolute atomic E-state index is 0.0675. The summed E-state index contributed by atoms with van der Waals surface area (Å²) in [5.41, 5.74) is 1.83. The van der Waals surface area contributed by atoms with E-state index < -0.39 is 0 Å². The average Bonchev–Trinajstić information content (AvgIpc) is 2.88. The van der Waals surface area contributed by atoms with Crippen molar-refractivity contribution >= 4 is 28.6 Å². The smallest absolute Gasteiger partial charge is 0.271 e. The fraction of sp³-hybridized carbons (Fsp3) is 0.333. The number of thiazole rings is 1. The molecule has 0 saturated carbocycles. The monoisotopic (exact) mass is 266 g/mol. The standard InChI is InChI=1S/C12H14N2OS2/c1-8-11(14-9(2)17-8)12(15)13-5-3-10-4-6-16-7-10/h4,6-7H,3,5H2,1-2H3,(H,13,15). The van der Waals surface area contributed by atoms with Gasteiger partial charge in [-0.2, -0.15) is 11.3 Å². The normalized spacial score (nSPS) is 10.5. The van der Waals surface area contributed by atoms with Gasteiger partial charge >= 0.3 is 0 Å². The molecule has 0 aliphatic heterocycles. The van der Waals surface area contributed by atoms with E-state index in [1.807, 2.05) is 19.2 Å². The third-order valence-corrected chi connectivity index (χ3v) is 4.02. The average molecular weight is 266 g/mol. The number of nitrogens with zero attached hydrogens (tertiary/aromatic N) is 1. The van der Waals surface area contributed by atoms with Crippen LogP contribution in [0.2, 0.25) is 0 Å². The number of amides is 1. The number of carbonyl (C=O) groups excluding carboxylic acids is 1. The van der Waals surface area contributed by atoms with E-state index in [1.54, 1.807) is 22.7 Å². The second-order valence-electron chi connectivity index (χ2n) is 3.78. The van der Waals surface area contributed by atoms with Gasteiger partial charge in [-0.25, -0.2) is 4.98 Å². The van der Waals surface area contributed by atoms with Crippen LogP contribution >= 0.6 is 22.7 Å². The molecule has 0 aliphatic rings. The summed E-state index contributed by atoms with van der Waals surface area (Å²) in [4.78, 5) is 17.1. The summed E-state index contributed by atoms with van der Waals surface area (Å²) in [5.74, 6) is -0.0675. The number of rotatable bonds is 4. The summed E-state index contributed by atoms with van der Waals surface area (Å²) in [6.45, 7) is 4.50. The zero-order chi connectivity index (χ0) is 12.3. The zero-order valence-corrected chi connectivity index (χ0v) is 11.5. The van der Waals surface area contributed by atoms with Crippen LogP contribution in [0.4, 0.5) is 0 Å². The van der Waals surface area contributed by atoms with Crippen molar-refractivity contribution in [3.63, 3.8) is 0 Å². The Balaban J connectivity index is 1.87. The van der Waals surface area contributed by atoms with Crippen molar-refractivity contribution in [2.75, 3.05) is 6.54 Å². The summed E-state index contributed by atoms with van der Waals surface area (Å²) < 4.78 is 0. The molecule has 17 heavy (non-hydrogen) atoms. The Bertz CT molecular complexity index is 503. The summed E-state index contributed by atoms with van der Waals surface area (Å²) >= 11 is 3.24. The van der Waals surface area contributed by atoms with Gasteiger partial charge in [0.1, 0.15) is 5.69 Å². The van der Waals surface area contributed by atoms with E-state index in [9.17, 15) is 4.79 Å². The quantitative estimate of drug-likeness (QED) is 0.924. The molecule has 1 N–H and O–H groups in total. The molecule has 2 heterocycles. The molecule has 0 atom stereocenters. The van der Waals surface area contributed by atoms with Crippen LogP contribution in [0.1, 0.15) is 25.9 Å². The molecule has 3 nitrogen and oxygen atoms in total. The third-order valence-electron chi connectivity index (χ3n) is 2.40. The van der Waals surface area contributed by atoms with Crippen LogP contribution in [0.25, 0.3) is 0 Å². The Morgan fingerprint density at radius 3 is 2.88 bits per heavy atom. The summed E-state index contributed by atoms with van der Waals surface area (Å²) in [5, 5.41) is 7.99. The van der Waals surface area contributed by atoms with Crippen molar-refractivity contribution < 1.29 is 4.79 Å². The maximum absolute atomic E-state index is 11.8. The van der Waals surface area contributed by atoms with E-state index in [0.717, 1.165) is 16.3 Å². The Morgan fingerprint density at radius 2 is 2.29 bits per heavy atom. The van der Waals surface area contributed by atoms with E-state index in [0.29, 0.717) is 12.2 Å². The van der Waals surface area contributed by atoms with Crippen molar-refractivity contribution in [1.82, 2.24) is 10.3 Å². The van der Waals surface area contributed by atoms with Gasteiger partial charge < -0.3 is 5.32 Å². The van der Waals surface area contributed by atoms with E-state index in [-0.39, 0.29) is 5.91 Å². The number of nitrogens with one attached hydrogen (secondary N) is 1. The molecular weight excluding hydrogens is 252 g/mol. The third kappa shape index (κ3) is 3.14. The number of thiophene rings is 1. The largest absolute Gasteiger partial charge is 0.350 e. The molecule has 90 valence electrons. The van der Waals surface area contributed by atoms with Crippen LogP contribution in [0.3, 0.4) is 0 Å². The highest BCUT2D eigenvalue weighted by Gasteiger charge is 2.12. The maximum atomic E-state index is 11.8. The molecule has 0 bridgehead atoms. The van der Waals surface area contributed by atoms with Gasteiger partial charge in [0.15, 0.2) is 0 Å². The van der Waals surface area contributed by atoms with Gasteiger partial charge in [-0.05, 0) is 42.7 Å². The highest BCUT2D eigenvalue weighted by Crippen LogP contribution is 2.16. The lowest BCUT2D eigenvalue weighted by Crippen LogP contribution is -2.26. The predicted molar refractivity (Wildman–Crippen MR) is 71.9 cm³/mol. The Hall–Kier alpha value is -1.20. The number of carbonyl (C=O) groups is 1. The molecule has 0 saturated heterocycles. The Labute approximate surface area is 109 Å². The Kier molecular flexibility index (Phi) is 3.91. The van der Waals surface area contributed by atoms with Gasteiger partial charge in [-0.3, -0.25) is 4.79 Å². The van der Waals surface area contributed by atoms with E-state index in [4.69, 9.17) is 0 Å². The van der Waals surface area contributed by atoms with Crippen molar-refractivity contribution in [1.29, 1.82) is 0 Å². The Morgan fingerprint density at radius 1 is 1.47 bits per heavy atom. The molecule has 0 aliphatic carbocycles. The number of aryl methyl sites for hydroxylation is 2. The van der Waals surface area contributed by atoms with Crippen LogP contribution in [-0.4, -0.2) is 17.4 Å². The fourth-order valence-electron chi connectivity index (χ4n) is 1.58. The van der Waals surface area contributed by atoms with Gasteiger partial charge in [0.05, 0.1) is 5.01 Å². The lowest BCUT2D eigenvalue weighted by Gasteiger charge is -2.02. The lowest BCUT2D eigenvalue weighted by molar-refractivity contribution is 0.0949. The molecule has 0 spiro atoms. The summed E-state index contributed by atoms with van der Waals surface area (Å²) in [7, 11) is 0. The summed E-state index contributed by atoms with van der Waals surface area (Å²) in [6.07, 6.45) is 0.872. The molecule has 2 aromatic rings. The van der Waals surface area contributed by atoms with Crippen LogP contribution in [0.15, 0.2) is 16.8 Å². The highest BCUT2D eigenvalue weighted by atomic mass is 32.1. The summed E-state index contributed by atoms with van der Waals surface area (Å²) in [6, 6.07) is 2.08. The van der Waals surface area contributed by atoms with E-state index in [2.05, 4.69) is 21.7 Å². The molecule has 2 rings (SSSR count). The molecule has 1 amide bonds. The first kappa shape index (κ1) is 12.3. The van der Waals surface area contributed by atoms with Gasteiger partial charge in [-0.15, -0.1) is 11.3 Å². The van der Waals surface area contributed by atoms with Gasteiger partial charge in [0.25, 0.3) is 5.91 Å². The van der Waals surface area contributed by atoms with Gasteiger partial charge in [0.2, 0.25) is 0 Å². The molecule has 2 aromatic heterocycles. The predicted octanol–water partition coefficient (Wildman–Crippen LogP) is 2.79. The molecule has 0 fully saturated rings. The van der Waals surface area contributed by atoms with Crippen molar-refractivity contribution in [2.45, 2.75) is 20.3 Å². The van der Waals surface area contributed by atoms with Crippen molar-refractivity contribution in [3.8, 4) is 0 Å². The van der Waals surface area contributed by atoms with E-state index >= 15 is 0 Å². The number of hydrogen-bond acceptors (Lipinski definition) is 4. The maximum Gasteiger partial charge on any atom is 0.271 e. The second-order valence-corrected chi connectivity index (χ2v) is 5.96. The lowest BCUT2D eigenvalue weighted by atomic mass is 10.2. The van der Waals surface area contributed by atoms with Crippen LogP contribution in [-0.2, 0) is 6.42 Å². The minimum atomic E-state index is -0.0675. The first-order chi connectivity index (χ1) is 8.16. The number of aromatic nitrogens is 1. The zero-order valence-electron chi connectivity index (χ0n) is 9.82. The van der Waals surface area contributed by atoms with Crippen molar-refractivity contribution in [2.24, 2.45) is 0 Å². The second kappa shape index (κ2) is 5.42. The molecular formula is C12H14N2OS2. The van der Waals surface area contributed by atoms with Gasteiger partial charge in [-0.1, -0.05) is 0 Å². The fourth-order valence-corrected chi connectivity index (χ4v) is 3.10. The molecule has 0 unspecified atom stereocenters. The topological polar surface area (TPSA) is 42.0 Å². The van der Waals surface area contributed by atoms with Crippen LogP contribution in [0, 0.1) is 13.8 Å². The minimum Gasteiger partial charge on any atom is -0.350 e. The first-order valence-electron chi connectivity index (χ1n) is 5.40. The number of hydrogen-bond donors (Lipinski definition) is 1. The van der Waals surface area contributed by atoms with Crippen molar-refractivity contribution in [3.05, 3.63) is 38.0 Å². The SMILES string of the molecule is Cc1nc(C(=O)NCCc2ccsc2)c(C)s1. The van der Waals surface area contributed by atoms with Gasteiger partial charge in [0, 0.05) is 11.4 Å². The molecule has 0 radical (unpaired) electrons. The van der Waals surface area contributed by atoms with Crippen LogP contribution < -0.4 is 5.32 Å².